The smallest absolute Gasteiger partial charge is 0.0594 e. The highest BCUT2D eigenvalue weighted by Gasteiger charge is 1.97. The molecule has 0 unspecified atom stereocenters. The molecule has 4 N–H and O–H groups in total. The molecular weight excluding hydrogens is 248 g/mol. The minimum atomic E-state index is 0.826. The van der Waals surface area contributed by atoms with Crippen molar-refractivity contribution < 1.29 is 0 Å². The fraction of sp³-hybridized carbons (Fsp3) is 0.250. The monoisotopic (exact) mass is 272 g/mol. The first kappa shape index (κ1) is 15.7. The van der Waals surface area contributed by atoms with Crippen LogP contribution in [-0.2, 0) is 0 Å². The van der Waals surface area contributed by atoms with Crippen LogP contribution in [0.5, 0.6) is 0 Å². The molecule has 20 heavy (non-hydrogen) atoms. The van der Waals surface area contributed by atoms with E-state index in [9.17, 15) is 0 Å². The van der Waals surface area contributed by atoms with E-state index in [1.54, 1.807) is 0 Å². The zero-order valence-electron chi connectivity index (χ0n) is 12.7. The van der Waals surface area contributed by atoms with Crippen LogP contribution in [0.25, 0.3) is 0 Å². The quantitative estimate of drug-likeness (QED) is 0.825. The first-order chi connectivity index (χ1) is 9.43. The van der Waals surface area contributed by atoms with Crippen LogP contribution >= 0.6 is 0 Å². The average molecular weight is 272 g/mol. The number of rotatable bonds is 2. The zero-order valence-corrected chi connectivity index (χ0v) is 12.7. The van der Waals surface area contributed by atoms with E-state index in [-0.39, 0.29) is 0 Å². The Kier molecular flexibility index (Phi) is 5.72. The van der Waals surface area contributed by atoms with Gasteiger partial charge in [0.05, 0.1) is 22.7 Å². The molecule has 0 fully saturated rings. The molecule has 0 radical (unpaired) electrons. The number of anilines is 4. The summed E-state index contributed by atoms with van der Waals surface area (Å²) in [5, 5.41) is 0. The van der Waals surface area contributed by atoms with Crippen LogP contribution < -0.4 is 21.3 Å². The molecule has 0 aliphatic heterocycles. The van der Waals surface area contributed by atoms with Crippen LogP contribution in [0.3, 0.4) is 0 Å². The lowest BCUT2D eigenvalue weighted by Crippen LogP contribution is -2.10. The molecule has 0 saturated heterocycles. The summed E-state index contributed by atoms with van der Waals surface area (Å²) in [6.07, 6.45) is 0. The van der Waals surface area contributed by atoms with Crippen molar-refractivity contribution in [2.24, 2.45) is 0 Å². The first-order valence-electron chi connectivity index (χ1n) is 6.47. The Hall–Kier alpha value is -2.36. The molecule has 0 spiro atoms. The zero-order chi connectivity index (χ0) is 15.1. The van der Waals surface area contributed by atoms with Crippen molar-refractivity contribution in [1.82, 2.24) is 0 Å². The molecule has 0 amide bonds. The minimum Gasteiger partial charge on any atom is -0.397 e. The van der Waals surface area contributed by atoms with Gasteiger partial charge in [-0.2, -0.15) is 0 Å². The molecule has 4 nitrogen and oxygen atoms in total. The highest BCUT2D eigenvalue weighted by molar-refractivity contribution is 5.67. The van der Waals surface area contributed by atoms with Gasteiger partial charge >= 0.3 is 0 Å². The third-order valence-electron chi connectivity index (χ3n) is 2.84. The van der Waals surface area contributed by atoms with E-state index in [0.717, 1.165) is 22.7 Å². The maximum absolute atomic E-state index is 5.68. The SMILES string of the molecule is CN(C)c1ccccc1N.CN(C)c1ccccc1N. The minimum absolute atomic E-state index is 0.826. The van der Waals surface area contributed by atoms with E-state index in [1.807, 2.05) is 86.5 Å². The number of nitrogen functional groups attached to an aromatic ring is 2. The van der Waals surface area contributed by atoms with Gasteiger partial charge in [0.1, 0.15) is 0 Å². The molecule has 108 valence electrons. The summed E-state index contributed by atoms with van der Waals surface area (Å²) >= 11 is 0. The van der Waals surface area contributed by atoms with Crippen molar-refractivity contribution >= 4 is 22.7 Å². The summed E-state index contributed by atoms with van der Waals surface area (Å²) in [7, 11) is 7.91. The van der Waals surface area contributed by atoms with E-state index in [4.69, 9.17) is 11.5 Å². The van der Waals surface area contributed by atoms with Crippen molar-refractivity contribution in [3.05, 3.63) is 48.5 Å². The van der Waals surface area contributed by atoms with Crippen molar-refractivity contribution in [1.29, 1.82) is 0 Å². The number of hydrogen-bond acceptors (Lipinski definition) is 4. The van der Waals surface area contributed by atoms with Gasteiger partial charge in [-0.05, 0) is 24.3 Å². The summed E-state index contributed by atoms with van der Waals surface area (Å²) in [6.45, 7) is 0. The summed E-state index contributed by atoms with van der Waals surface area (Å²) in [4.78, 5) is 3.99. The Morgan fingerprint density at radius 2 is 0.900 bits per heavy atom. The predicted octanol–water partition coefficient (Wildman–Crippen LogP) is 2.67. The second-order valence-electron chi connectivity index (χ2n) is 4.91. The molecule has 2 aromatic rings. The molecule has 0 saturated carbocycles. The molecule has 0 heterocycles. The molecule has 0 bridgehead atoms. The summed E-state index contributed by atoms with van der Waals surface area (Å²) < 4.78 is 0. The van der Waals surface area contributed by atoms with Crippen LogP contribution in [0.15, 0.2) is 48.5 Å². The molecule has 0 aliphatic rings. The topological polar surface area (TPSA) is 58.5 Å². The number of para-hydroxylation sites is 4. The van der Waals surface area contributed by atoms with Gasteiger partial charge < -0.3 is 21.3 Å². The second-order valence-corrected chi connectivity index (χ2v) is 4.91. The summed E-state index contributed by atoms with van der Waals surface area (Å²) in [6, 6.07) is 15.6. The van der Waals surface area contributed by atoms with Crippen LogP contribution in [0.1, 0.15) is 0 Å². The number of hydrogen-bond donors (Lipinski definition) is 2. The Morgan fingerprint density at radius 3 is 1.10 bits per heavy atom. The Bertz CT molecular complexity index is 486. The number of nitrogens with two attached hydrogens (primary N) is 2. The van der Waals surface area contributed by atoms with Crippen molar-refractivity contribution in [2.75, 3.05) is 49.5 Å². The number of benzene rings is 2. The van der Waals surface area contributed by atoms with Crippen molar-refractivity contribution in [3.63, 3.8) is 0 Å². The lowest BCUT2D eigenvalue weighted by Gasteiger charge is -2.13. The normalized spacial score (nSPS) is 9.40. The van der Waals surface area contributed by atoms with Gasteiger partial charge in [0, 0.05) is 28.2 Å². The third kappa shape index (κ3) is 4.39. The second kappa shape index (κ2) is 7.28. The lowest BCUT2D eigenvalue weighted by atomic mass is 10.2. The molecule has 2 aromatic carbocycles. The maximum Gasteiger partial charge on any atom is 0.0594 e. The van der Waals surface area contributed by atoms with Gasteiger partial charge in [0.2, 0.25) is 0 Å². The highest BCUT2D eigenvalue weighted by atomic mass is 15.1. The van der Waals surface area contributed by atoms with Gasteiger partial charge in [-0.3, -0.25) is 0 Å². The molecule has 0 aromatic heterocycles. The van der Waals surface area contributed by atoms with E-state index in [1.165, 1.54) is 0 Å². The van der Waals surface area contributed by atoms with E-state index >= 15 is 0 Å². The van der Waals surface area contributed by atoms with Gasteiger partial charge in [-0.15, -0.1) is 0 Å². The third-order valence-corrected chi connectivity index (χ3v) is 2.84. The first-order valence-corrected chi connectivity index (χ1v) is 6.47. The molecule has 4 heteroatoms. The van der Waals surface area contributed by atoms with Crippen LogP contribution in [0.4, 0.5) is 22.7 Å². The summed E-state index contributed by atoms with van der Waals surface area (Å²) in [5.41, 5.74) is 15.2. The Balaban J connectivity index is 0.000000200. The Labute approximate surface area is 121 Å². The van der Waals surface area contributed by atoms with Crippen LogP contribution in [-0.4, -0.2) is 28.2 Å². The van der Waals surface area contributed by atoms with Gasteiger partial charge in [-0.1, -0.05) is 24.3 Å². The summed E-state index contributed by atoms with van der Waals surface area (Å²) in [5.74, 6) is 0. The van der Waals surface area contributed by atoms with Crippen LogP contribution in [0.2, 0.25) is 0 Å². The van der Waals surface area contributed by atoms with Crippen LogP contribution in [0, 0.1) is 0 Å². The van der Waals surface area contributed by atoms with E-state index < -0.39 is 0 Å². The predicted molar refractivity (Wildman–Crippen MR) is 90.4 cm³/mol. The standard InChI is InChI=1S/2C8H12N2/c2*1-10(2)8-6-4-3-5-7(8)9/h2*3-6H,9H2,1-2H3. The van der Waals surface area contributed by atoms with Crippen molar-refractivity contribution in [3.8, 4) is 0 Å². The molecule has 0 aliphatic carbocycles. The van der Waals surface area contributed by atoms with Crippen molar-refractivity contribution in [2.45, 2.75) is 0 Å². The molecular formula is C16H24N4. The van der Waals surface area contributed by atoms with Gasteiger partial charge in [-0.25, -0.2) is 0 Å². The maximum atomic E-state index is 5.68. The fourth-order valence-corrected chi connectivity index (χ4v) is 1.79. The Morgan fingerprint density at radius 1 is 0.600 bits per heavy atom. The van der Waals surface area contributed by atoms with Gasteiger partial charge in [0.15, 0.2) is 0 Å². The molecule has 0 atom stereocenters. The van der Waals surface area contributed by atoms with E-state index in [0.29, 0.717) is 0 Å². The molecule has 2 rings (SSSR count). The fourth-order valence-electron chi connectivity index (χ4n) is 1.79. The largest absolute Gasteiger partial charge is 0.397 e. The highest BCUT2D eigenvalue weighted by Crippen LogP contribution is 2.19. The van der Waals surface area contributed by atoms with E-state index in [2.05, 4.69) is 0 Å². The number of nitrogens with zero attached hydrogens (tertiary/aromatic N) is 2. The van der Waals surface area contributed by atoms with Gasteiger partial charge in [0.25, 0.3) is 0 Å². The lowest BCUT2D eigenvalue weighted by molar-refractivity contribution is 1.13. The average Bonchev–Trinajstić information content (AvgIpc) is 2.40.